The number of carbonyl (C=O) groups excluding carboxylic acids is 1. The minimum atomic E-state index is -3.75. The fourth-order valence-electron chi connectivity index (χ4n) is 2.05. The second kappa shape index (κ2) is 5.44. The van der Waals surface area contributed by atoms with Crippen molar-refractivity contribution in [3.05, 3.63) is 23.5 Å². The monoisotopic (exact) mass is 304 g/mol. The molecule has 1 fully saturated rings. The first-order chi connectivity index (χ1) is 8.96. The van der Waals surface area contributed by atoms with Gasteiger partial charge >= 0.3 is 5.97 Å². The van der Waals surface area contributed by atoms with Crippen LogP contribution >= 0.6 is 11.6 Å². The second-order valence-corrected chi connectivity index (χ2v) is 6.39. The Morgan fingerprint density at radius 2 is 2.26 bits per heavy atom. The molecule has 1 aliphatic heterocycles. The van der Waals surface area contributed by atoms with Crippen molar-refractivity contribution in [2.75, 3.05) is 13.7 Å². The van der Waals surface area contributed by atoms with E-state index in [0.717, 1.165) is 4.31 Å². The molecular formula is C11H13ClN2O4S. The summed E-state index contributed by atoms with van der Waals surface area (Å²) in [6.45, 7) is 0.296. The molecule has 1 saturated heterocycles. The maximum absolute atomic E-state index is 12.4. The van der Waals surface area contributed by atoms with Gasteiger partial charge in [-0.25, -0.2) is 13.4 Å². The van der Waals surface area contributed by atoms with Gasteiger partial charge in [0.2, 0.25) is 10.0 Å². The molecule has 104 valence electrons. The summed E-state index contributed by atoms with van der Waals surface area (Å²) < 4.78 is 30.6. The number of aromatic nitrogens is 1. The molecule has 1 atom stereocenters. The van der Waals surface area contributed by atoms with E-state index in [0.29, 0.717) is 19.4 Å². The maximum Gasteiger partial charge on any atom is 0.324 e. The predicted octanol–water partition coefficient (Wildman–Crippen LogP) is 1.06. The molecule has 0 saturated carbocycles. The van der Waals surface area contributed by atoms with Gasteiger partial charge in [0.1, 0.15) is 16.1 Å². The number of nitrogens with zero attached hydrogens (tertiary/aromatic N) is 2. The number of hydrogen-bond donors (Lipinski definition) is 0. The average molecular weight is 305 g/mol. The molecule has 0 spiro atoms. The number of halogens is 1. The van der Waals surface area contributed by atoms with Crippen LogP contribution in [0.2, 0.25) is 5.15 Å². The number of carbonyl (C=O) groups is 1. The van der Waals surface area contributed by atoms with Gasteiger partial charge in [-0.2, -0.15) is 4.31 Å². The molecule has 2 heterocycles. The van der Waals surface area contributed by atoms with Gasteiger partial charge < -0.3 is 4.74 Å². The van der Waals surface area contributed by atoms with Gasteiger partial charge in [0.25, 0.3) is 0 Å². The van der Waals surface area contributed by atoms with Crippen LogP contribution in [0.1, 0.15) is 12.8 Å². The minimum absolute atomic E-state index is 0.0210. The molecule has 8 heteroatoms. The van der Waals surface area contributed by atoms with Crippen LogP contribution in [0.3, 0.4) is 0 Å². The number of ether oxygens (including phenoxy) is 1. The molecule has 6 nitrogen and oxygen atoms in total. The van der Waals surface area contributed by atoms with E-state index in [1.54, 1.807) is 0 Å². The Labute approximate surface area is 116 Å². The number of sulfonamides is 1. The van der Waals surface area contributed by atoms with E-state index in [1.165, 1.54) is 25.4 Å². The highest BCUT2D eigenvalue weighted by Gasteiger charge is 2.40. The van der Waals surface area contributed by atoms with Crippen LogP contribution in [0.15, 0.2) is 23.2 Å². The molecule has 0 amide bonds. The summed E-state index contributed by atoms with van der Waals surface area (Å²) in [5.41, 5.74) is 0. The van der Waals surface area contributed by atoms with Crippen LogP contribution in [0.5, 0.6) is 0 Å². The van der Waals surface area contributed by atoms with Crippen LogP contribution in [-0.2, 0) is 19.6 Å². The van der Waals surface area contributed by atoms with Gasteiger partial charge in [0.15, 0.2) is 0 Å². The molecule has 2 rings (SSSR count). The van der Waals surface area contributed by atoms with Crippen LogP contribution in [0.4, 0.5) is 0 Å². The number of rotatable bonds is 3. The van der Waals surface area contributed by atoms with Crippen molar-refractivity contribution in [2.24, 2.45) is 0 Å². The molecular weight excluding hydrogens is 292 g/mol. The van der Waals surface area contributed by atoms with Crippen LogP contribution in [0.25, 0.3) is 0 Å². The average Bonchev–Trinajstić information content (AvgIpc) is 2.88. The van der Waals surface area contributed by atoms with E-state index in [1.807, 2.05) is 0 Å². The Morgan fingerprint density at radius 1 is 1.53 bits per heavy atom. The van der Waals surface area contributed by atoms with Crippen molar-refractivity contribution in [1.29, 1.82) is 0 Å². The fourth-order valence-corrected chi connectivity index (χ4v) is 3.75. The Balaban J connectivity index is 2.33. The van der Waals surface area contributed by atoms with Gasteiger partial charge in [0.05, 0.1) is 7.11 Å². The Hall–Kier alpha value is -1.18. The summed E-state index contributed by atoms with van der Waals surface area (Å²) in [6, 6.07) is 2.01. The smallest absolute Gasteiger partial charge is 0.324 e. The largest absolute Gasteiger partial charge is 0.468 e. The van der Waals surface area contributed by atoms with Crippen molar-refractivity contribution >= 4 is 27.6 Å². The lowest BCUT2D eigenvalue weighted by Crippen LogP contribution is -2.41. The summed E-state index contributed by atoms with van der Waals surface area (Å²) in [5, 5.41) is 0.213. The number of pyridine rings is 1. The number of methoxy groups -OCH3 is 1. The molecule has 0 aromatic carbocycles. The standard InChI is InChI=1S/C11H13ClN2O4S/c1-18-11(15)9-3-2-6-14(9)19(16,17)8-4-5-10(12)13-7-8/h4-5,7,9H,2-3,6H2,1H3. The van der Waals surface area contributed by atoms with Crippen molar-refractivity contribution in [3.8, 4) is 0 Å². The highest BCUT2D eigenvalue weighted by Crippen LogP contribution is 2.26. The Bertz CT molecular complexity index is 573. The highest BCUT2D eigenvalue weighted by molar-refractivity contribution is 7.89. The maximum atomic E-state index is 12.4. The summed E-state index contributed by atoms with van der Waals surface area (Å²) in [7, 11) is -2.50. The van der Waals surface area contributed by atoms with Crippen molar-refractivity contribution in [3.63, 3.8) is 0 Å². The van der Waals surface area contributed by atoms with E-state index < -0.39 is 22.0 Å². The van der Waals surface area contributed by atoms with Crippen molar-refractivity contribution in [1.82, 2.24) is 9.29 Å². The third kappa shape index (κ3) is 2.72. The zero-order valence-electron chi connectivity index (χ0n) is 10.2. The lowest BCUT2D eigenvalue weighted by atomic mass is 10.2. The SMILES string of the molecule is COC(=O)C1CCCN1S(=O)(=O)c1ccc(Cl)nc1. The molecule has 0 radical (unpaired) electrons. The van der Waals surface area contributed by atoms with Crippen LogP contribution in [-0.4, -0.2) is 43.4 Å². The molecule has 1 aliphatic rings. The van der Waals surface area contributed by atoms with Gasteiger partial charge in [-0.05, 0) is 25.0 Å². The topological polar surface area (TPSA) is 76.6 Å². The predicted molar refractivity (Wildman–Crippen MR) is 68.2 cm³/mol. The molecule has 0 aliphatic carbocycles. The van der Waals surface area contributed by atoms with E-state index in [4.69, 9.17) is 11.6 Å². The first-order valence-corrected chi connectivity index (χ1v) is 7.50. The Morgan fingerprint density at radius 3 is 2.84 bits per heavy atom. The highest BCUT2D eigenvalue weighted by atomic mass is 35.5. The van der Waals surface area contributed by atoms with Gasteiger partial charge in [-0.1, -0.05) is 11.6 Å². The van der Waals surface area contributed by atoms with E-state index in [-0.39, 0.29) is 10.0 Å². The zero-order chi connectivity index (χ0) is 14.0. The van der Waals surface area contributed by atoms with Crippen molar-refractivity contribution in [2.45, 2.75) is 23.8 Å². The van der Waals surface area contributed by atoms with E-state index in [9.17, 15) is 13.2 Å². The summed E-state index contributed by atoms with van der Waals surface area (Å²) >= 11 is 5.63. The lowest BCUT2D eigenvalue weighted by Gasteiger charge is -2.21. The quantitative estimate of drug-likeness (QED) is 0.616. The summed E-state index contributed by atoms with van der Waals surface area (Å²) in [4.78, 5) is 15.4. The van der Waals surface area contributed by atoms with Gasteiger partial charge in [-0.3, -0.25) is 4.79 Å². The number of esters is 1. The van der Waals surface area contributed by atoms with Crippen LogP contribution in [0, 0.1) is 0 Å². The molecule has 1 aromatic rings. The Kier molecular flexibility index (Phi) is 4.07. The van der Waals surface area contributed by atoms with E-state index in [2.05, 4.69) is 9.72 Å². The molecule has 1 unspecified atom stereocenters. The van der Waals surface area contributed by atoms with Crippen LogP contribution < -0.4 is 0 Å². The molecule has 0 N–H and O–H groups in total. The second-order valence-electron chi connectivity index (χ2n) is 4.11. The third-order valence-corrected chi connectivity index (χ3v) is 5.10. The first kappa shape index (κ1) is 14.2. The van der Waals surface area contributed by atoms with E-state index >= 15 is 0 Å². The number of hydrogen-bond acceptors (Lipinski definition) is 5. The summed E-state index contributed by atoms with van der Waals surface area (Å²) in [6.07, 6.45) is 2.28. The molecule has 1 aromatic heterocycles. The molecule has 19 heavy (non-hydrogen) atoms. The lowest BCUT2D eigenvalue weighted by molar-refractivity contribution is -0.144. The third-order valence-electron chi connectivity index (χ3n) is 2.98. The van der Waals surface area contributed by atoms with Gasteiger partial charge in [-0.15, -0.1) is 0 Å². The van der Waals surface area contributed by atoms with Gasteiger partial charge in [0, 0.05) is 12.7 Å². The van der Waals surface area contributed by atoms with Crippen molar-refractivity contribution < 1.29 is 17.9 Å². The fraction of sp³-hybridized carbons (Fsp3) is 0.455. The first-order valence-electron chi connectivity index (χ1n) is 5.68. The normalized spacial score (nSPS) is 20.4. The minimum Gasteiger partial charge on any atom is -0.468 e. The summed E-state index contributed by atoms with van der Waals surface area (Å²) in [5.74, 6) is -0.539. The molecule has 0 bridgehead atoms. The zero-order valence-corrected chi connectivity index (χ0v) is 11.8.